The number of thioether (sulfide) groups is 1. The molecule has 0 aromatic heterocycles. The van der Waals surface area contributed by atoms with Gasteiger partial charge >= 0.3 is 0 Å². The molecule has 1 unspecified atom stereocenters. The number of methoxy groups -OCH3 is 2. The second kappa shape index (κ2) is 7.02. The van der Waals surface area contributed by atoms with Crippen LogP contribution in [0.15, 0.2) is 42.5 Å². The molecule has 0 aliphatic carbocycles. The predicted octanol–water partition coefficient (Wildman–Crippen LogP) is 3.39. The number of carbonyl (C=O) groups is 1. The molecule has 1 aliphatic heterocycles. The number of benzene rings is 2. The zero-order valence-corrected chi connectivity index (χ0v) is 14.5. The molecular weight excluding hydrogens is 344 g/mol. The Bertz CT molecular complexity index is 826. The number of hydrogen-bond donors (Lipinski definition) is 0. The molecule has 0 N–H and O–H groups in total. The van der Waals surface area contributed by atoms with Crippen molar-refractivity contribution < 1.29 is 19.2 Å². The second-order valence-corrected chi connectivity index (χ2v) is 6.39. The first-order chi connectivity index (χ1) is 12.0. The fourth-order valence-corrected chi connectivity index (χ4v) is 3.87. The molecule has 1 atom stereocenters. The third-order valence-corrected chi connectivity index (χ3v) is 5.09. The van der Waals surface area contributed by atoms with Crippen LogP contribution in [0, 0.1) is 10.1 Å². The zero-order valence-electron chi connectivity index (χ0n) is 13.7. The van der Waals surface area contributed by atoms with Gasteiger partial charge in [-0.05, 0) is 17.7 Å². The van der Waals surface area contributed by atoms with Crippen LogP contribution in [0.25, 0.3) is 0 Å². The first-order valence-electron chi connectivity index (χ1n) is 7.45. The molecule has 0 bridgehead atoms. The van der Waals surface area contributed by atoms with E-state index < -0.39 is 4.92 Å². The highest BCUT2D eigenvalue weighted by atomic mass is 32.2. The van der Waals surface area contributed by atoms with Crippen molar-refractivity contribution in [2.75, 3.05) is 24.9 Å². The third kappa shape index (κ3) is 3.25. The van der Waals surface area contributed by atoms with Crippen LogP contribution in [-0.2, 0) is 4.79 Å². The minimum absolute atomic E-state index is 0.000838. The molecule has 0 radical (unpaired) electrons. The van der Waals surface area contributed by atoms with Gasteiger partial charge in [-0.3, -0.25) is 19.8 Å². The van der Waals surface area contributed by atoms with Crippen LogP contribution in [0.5, 0.6) is 11.5 Å². The van der Waals surface area contributed by atoms with Crippen molar-refractivity contribution in [1.82, 2.24) is 0 Å². The van der Waals surface area contributed by atoms with Gasteiger partial charge in [0, 0.05) is 18.2 Å². The minimum atomic E-state index is -0.441. The largest absolute Gasteiger partial charge is 0.497 e. The van der Waals surface area contributed by atoms with E-state index >= 15 is 0 Å². The maximum atomic E-state index is 12.5. The van der Waals surface area contributed by atoms with Crippen molar-refractivity contribution in [3.8, 4) is 11.5 Å². The Labute approximate surface area is 148 Å². The third-order valence-electron chi connectivity index (χ3n) is 3.88. The van der Waals surface area contributed by atoms with Crippen LogP contribution >= 0.6 is 11.8 Å². The van der Waals surface area contributed by atoms with Crippen LogP contribution in [0.3, 0.4) is 0 Å². The maximum absolute atomic E-state index is 12.5. The SMILES string of the molecule is COc1ccc(N2C(=O)CSC2c2cccc([N+](=O)[O-])c2)c(OC)c1. The highest BCUT2D eigenvalue weighted by Gasteiger charge is 2.36. The van der Waals surface area contributed by atoms with Crippen molar-refractivity contribution >= 4 is 29.0 Å². The Morgan fingerprint density at radius 1 is 1.20 bits per heavy atom. The van der Waals surface area contributed by atoms with Gasteiger partial charge in [-0.2, -0.15) is 0 Å². The van der Waals surface area contributed by atoms with E-state index in [1.165, 1.54) is 31.0 Å². The van der Waals surface area contributed by atoms with Crippen LogP contribution < -0.4 is 14.4 Å². The molecule has 0 saturated carbocycles. The van der Waals surface area contributed by atoms with Crippen LogP contribution in [-0.4, -0.2) is 30.8 Å². The van der Waals surface area contributed by atoms with Gasteiger partial charge in [-0.15, -0.1) is 11.8 Å². The first-order valence-corrected chi connectivity index (χ1v) is 8.50. The molecule has 1 fully saturated rings. The predicted molar refractivity (Wildman–Crippen MR) is 95.3 cm³/mol. The van der Waals surface area contributed by atoms with Gasteiger partial charge in [0.15, 0.2) is 0 Å². The normalized spacial score (nSPS) is 16.8. The Balaban J connectivity index is 2.03. The van der Waals surface area contributed by atoms with Gasteiger partial charge in [0.05, 0.1) is 30.6 Å². The molecule has 1 heterocycles. The van der Waals surface area contributed by atoms with Crippen LogP contribution in [0.4, 0.5) is 11.4 Å². The minimum Gasteiger partial charge on any atom is -0.497 e. The van der Waals surface area contributed by atoms with Crippen LogP contribution in [0.1, 0.15) is 10.9 Å². The lowest BCUT2D eigenvalue weighted by atomic mass is 10.1. The van der Waals surface area contributed by atoms with E-state index in [2.05, 4.69) is 0 Å². The summed E-state index contributed by atoms with van der Waals surface area (Å²) < 4.78 is 10.6. The summed E-state index contributed by atoms with van der Waals surface area (Å²) in [5.41, 5.74) is 1.30. The molecular formula is C17H16N2O5S. The van der Waals surface area contributed by atoms with Gasteiger partial charge in [0.1, 0.15) is 16.9 Å². The summed E-state index contributed by atoms with van der Waals surface area (Å²) in [6.07, 6.45) is 0. The number of amides is 1. The van der Waals surface area contributed by atoms with E-state index in [-0.39, 0.29) is 17.0 Å². The number of carbonyl (C=O) groups excluding carboxylic acids is 1. The summed E-state index contributed by atoms with van der Waals surface area (Å²) in [4.78, 5) is 24.7. The Hall–Kier alpha value is -2.74. The number of hydrogen-bond acceptors (Lipinski definition) is 6. The summed E-state index contributed by atoms with van der Waals surface area (Å²) in [7, 11) is 3.07. The van der Waals surface area contributed by atoms with Crippen LogP contribution in [0.2, 0.25) is 0 Å². The van der Waals surface area contributed by atoms with Crippen molar-refractivity contribution in [3.05, 3.63) is 58.1 Å². The molecule has 7 nitrogen and oxygen atoms in total. The van der Waals surface area contributed by atoms with E-state index in [0.29, 0.717) is 28.5 Å². The summed E-state index contributed by atoms with van der Waals surface area (Å²) in [6, 6.07) is 11.6. The number of anilines is 1. The zero-order chi connectivity index (χ0) is 18.0. The van der Waals surface area contributed by atoms with E-state index in [1.807, 2.05) is 0 Å². The van der Waals surface area contributed by atoms with Crippen molar-refractivity contribution in [2.24, 2.45) is 0 Å². The molecule has 1 aliphatic rings. The Morgan fingerprint density at radius 3 is 2.68 bits per heavy atom. The van der Waals surface area contributed by atoms with E-state index in [1.54, 1.807) is 42.3 Å². The number of rotatable bonds is 5. The highest BCUT2D eigenvalue weighted by Crippen LogP contribution is 2.46. The van der Waals surface area contributed by atoms with Crippen molar-refractivity contribution in [3.63, 3.8) is 0 Å². The van der Waals surface area contributed by atoms with E-state index in [9.17, 15) is 14.9 Å². The fraction of sp³-hybridized carbons (Fsp3) is 0.235. The lowest BCUT2D eigenvalue weighted by molar-refractivity contribution is -0.384. The maximum Gasteiger partial charge on any atom is 0.269 e. The number of ether oxygens (including phenoxy) is 2. The quantitative estimate of drug-likeness (QED) is 0.600. The Kier molecular flexibility index (Phi) is 4.80. The van der Waals surface area contributed by atoms with E-state index in [0.717, 1.165) is 0 Å². The van der Waals surface area contributed by atoms with Gasteiger partial charge < -0.3 is 9.47 Å². The van der Waals surface area contributed by atoms with Crippen molar-refractivity contribution in [1.29, 1.82) is 0 Å². The molecule has 2 aromatic carbocycles. The van der Waals surface area contributed by atoms with Crippen molar-refractivity contribution in [2.45, 2.75) is 5.37 Å². The van der Waals surface area contributed by atoms with Gasteiger partial charge in [-0.25, -0.2) is 0 Å². The summed E-state index contributed by atoms with van der Waals surface area (Å²) in [5, 5.41) is 10.7. The molecule has 2 aromatic rings. The number of nitro groups is 1. The monoisotopic (exact) mass is 360 g/mol. The van der Waals surface area contributed by atoms with Gasteiger partial charge in [-0.1, -0.05) is 12.1 Å². The molecule has 0 spiro atoms. The Morgan fingerprint density at radius 2 is 2.00 bits per heavy atom. The summed E-state index contributed by atoms with van der Waals surface area (Å²) >= 11 is 1.42. The highest BCUT2D eigenvalue weighted by molar-refractivity contribution is 8.00. The molecule has 3 rings (SSSR count). The number of nitrogens with zero attached hydrogens (tertiary/aromatic N) is 2. The lowest BCUT2D eigenvalue weighted by Gasteiger charge is -2.26. The molecule has 25 heavy (non-hydrogen) atoms. The molecule has 1 saturated heterocycles. The number of non-ortho nitro benzene ring substituents is 1. The summed E-state index contributed by atoms with van der Waals surface area (Å²) in [6.45, 7) is 0. The van der Waals surface area contributed by atoms with Gasteiger partial charge in [0.2, 0.25) is 5.91 Å². The molecule has 8 heteroatoms. The van der Waals surface area contributed by atoms with E-state index in [4.69, 9.17) is 9.47 Å². The topological polar surface area (TPSA) is 81.9 Å². The molecule has 130 valence electrons. The average Bonchev–Trinajstić information content (AvgIpc) is 3.02. The lowest BCUT2D eigenvalue weighted by Crippen LogP contribution is -2.28. The molecule has 1 amide bonds. The second-order valence-electron chi connectivity index (χ2n) is 5.32. The standard InChI is InChI=1S/C17H16N2O5S/c1-23-13-6-7-14(15(9-13)24-2)18-16(20)10-25-17(18)11-4-3-5-12(8-11)19(21)22/h3-9,17H,10H2,1-2H3. The summed E-state index contributed by atoms with van der Waals surface area (Å²) in [5.74, 6) is 1.34. The first kappa shape index (κ1) is 17.1. The fourth-order valence-electron chi connectivity index (χ4n) is 2.71. The number of nitro benzene ring substituents is 1. The smallest absolute Gasteiger partial charge is 0.269 e. The van der Waals surface area contributed by atoms with Gasteiger partial charge in [0.25, 0.3) is 5.69 Å². The average molecular weight is 360 g/mol.